The van der Waals surface area contributed by atoms with Gasteiger partial charge in [-0.25, -0.2) is 4.21 Å². The van der Waals surface area contributed by atoms with E-state index in [1.54, 1.807) is 0 Å². The summed E-state index contributed by atoms with van der Waals surface area (Å²) in [5, 5.41) is 0. The molecule has 5 nitrogen and oxygen atoms in total. The lowest BCUT2D eigenvalue weighted by molar-refractivity contribution is -0.114. The lowest BCUT2D eigenvalue weighted by atomic mass is 10.1. The van der Waals surface area contributed by atoms with E-state index in [0.717, 1.165) is 29.0 Å². The molecular weight excluding hydrogens is 362 g/mol. The number of rotatable bonds is 7. The second-order valence-electron chi connectivity index (χ2n) is 6.71. The molecule has 1 aliphatic heterocycles. The van der Waals surface area contributed by atoms with Crippen molar-refractivity contribution in [1.82, 2.24) is 4.72 Å². The molecule has 0 bridgehead atoms. The molecule has 27 heavy (non-hydrogen) atoms. The Bertz CT molecular complexity index is 874. The van der Waals surface area contributed by atoms with Crippen LogP contribution >= 0.6 is 0 Å². The van der Waals surface area contributed by atoms with Crippen molar-refractivity contribution in [3.8, 4) is 11.5 Å². The lowest BCUT2D eigenvalue weighted by Gasteiger charge is -2.16. The van der Waals surface area contributed by atoms with Crippen molar-refractivity contribution in [3.63, 3.8) is 0 Å². The van der Waals surface area contributed by atoms with E-state index in [4.69, 9.17) is 9.47 Å². The van der Waals surface area contributed by atoms with E-state index in [-0.39, 0.29) is 18.1 Å². The summed E-state index contributed by atoms with van der Waals surface area (Å²) in [7, 11) is -1.48. The van der Waals surface area contributed by atoms with Crippen LogP contribution in [0.5, 0.6) is 11.5 Å². The Morgan fingerprint density at radius 3 is 2.37 bits per heavy atom. The average molecular weight is 385 g/mol. The second kappa shape index (κ2) is 8.39. The van der Waals surface area contributed by atoms with Crippen molar-refractivity contribution in [1.29, 1.82) is 0 Å². The number of carbonyl (C=O) groups is 1. The Balaban J connectivity index is 1.61. The van der Waals surface area contributed by atoms with Crippen molar-refractivity contribution >= 4 is 21.8 Å². The third kappa shape index (κ3) is 5.20. The van der Waals surface area contributed by atoms with Crippen LogP contribution in [-0.4, -0.2) is 22.3 Å². The minimum Gasteiger partial charge on any atom is -0.491 e. The maximum absolute atomic E-state index is 11.8. The fourth-order valence-electron chi connectivity index (χ4n) is 2.86. The normalized spacial score (nSPS) is 17.4. The molecule has 0 saturated heterocycles. The van der Waals surface area contributed by atoms with Crippen LogP contribution in [0.4, 0.5) is 0 Å². The van der Waals surface area contributed by atoms with E-state index in [1.165, 1.54) is 6.08 Å². The number of carbonyl (C=O) groups excluding carboxylic acids is 1. The van der Waals surface area contributed by atoms with Gasteiger partial charge in [-0.3, -0.25) is 9.52 Å². The summed E-state index contributed by atoms with van der Waals surface area (Å²) < 4.78 is 25.9. The molecule has 1 unspecified atom stereocenters. The highest BCUT2D eigenvalue weighted by Gasteiger charge is 2.20. The van der Waals surface area contributed by atoms with Gasteiger partial charge in [-0.2, -0.15) is 0 Å². The Morgan fingerprint density at radius 2 is 1.74 bits per heavy atom. The van der Waals surface area contributed by atoms with Gasteiger partial charge in [-0.05, 0) is 56.2 Å². The molecule has 0 radical (unpaired) electrons. The monoisotopic (exact) mass is 385 g/mol. The van der Waals surface area contributed by atoms with Gasteiger partial charge in [0.2, 0.25) is 0 Å². The number of ether oxygens (including phenoxy) is 2. The van der Waals surface area contributed by atoms with Gasteiger partial charge in [0.25, 0.3) is 5.91 Å². The molecule has 142 valence electrons. The van der Waals surface area contributed by atoms with E-state index < -0.39 is 11.0 Å². The van der Waals surface area contributed by atoms with Gasteiger partial charge < -0.3 is 9.47 Å². The van der Waals surface area contributed by atoms with Gasteiger partial charge in [0.05, 0.1) is 17.1 Å². The van der Waals surface area contributed by atoms with Gasteiger partial charge in [-0.15, -0.1) is 0 Å². The van der Waals surface area contributed by atoms with Crippen LogP contribution in [0.15, 0.2) is 54.6 Å². The molecule has 0 saturated carbocycles. The first-order valence-corrected chi connectivity index (χ1v) is 10.0. The molecule has 1 heterocycles. The fourth-order valence-corrected chi connectivity index (χ4v) is 3.78. The molecular formula is C21H23NO4S. The Morgan fingerprint density at radius 1 is 1.00 bits per heavy atom. The Hall–Kier alpha value is -2.60. The molecule has 0 fully saturated rings. The van der Waals surface area contributed by atoms with Gasteiger partial charge in [0.15, 0.2) is 11.0 Å². The second-order valence-corrected chi connectivity index (χ2v) is 7.90. The molecule has 1 amide bonds. The molecule has 2 aromatic carbocycles. The first-order chi connectivity index (χ1) is 12.9. The van der Waals surface area contributed by atoms with Crippen LogP contribution in [0, 0.1) is 0 Å². The van der Waals surface area contributed by atoms with Crippen LogP contribution in [0.3, 0.4) is 0 Å². The largest absolute Gasteiger partial charge is 0.491 e. The van der Waals surface area contributed by atoms with Crippen LogP contribution < -0.4 is 14.2 Å². The van der Waals surface area contributed by atoms with E-state index >= 15 is 0 Å². The highest BCUT2D eigenvalue weighted by atomic mass is 32.2. The molecule has 2 aromatic rings. The van der Waals surface area contributed by atoms with Gasteiger partial charge in [0, 0.05) is 12.5 Å². The molecule has 0 aromatic heterocycles. The Kier molecular flexibility index (Phi) is 5.96. The highest BCUT2D eigenvalue weighted by Crippen LogP contribution is 2.24. The lowest BCUT2D eigenvalue weighted by Crippen LogP contribution is -2.16. The zero-order valence-corrected chi connectivity index (χ0v) is 16.4. The van der Waals surface area contributed by atoms with Gasteiger partial charge in [-0.1, -0.05) is 24.3 Å². The summed E-state index contributed by atoms with van der Waals surface area (Å²) in [4.78, 5) is 11.8. The average Bonchev–Trinajstić information content (AvgIpc) is 2.93. The predicted octanol–water partition coefficient (Wildman–Crippen LogP) is 3.62. The number of hydrogen-bond donors (Lipinski definition) is 1. The van der Waals surface area contributed by atoms with Crippen LogP contribution in [0.1, 0.15) is 31.9 Å². The summed E-state index contributed by atoms with van der Waals surface area (Å²) >= 11 is 0. The third-order valence-electron chi connectivity index (χ3n) is 3.92. The maximum atomic E-state index is 11.8. The zero-order chi connectivity index (χ0) is 19.4. The minimum absolute atomic E-state index is 0.0202. The molecule has 2 atom stereocenters. The van der Waals surface area contributed by atoms with Gasteiger partial charge >= 0.3 is 0 Å². The summed E-state index contributed by atoms with van der Waals surface area (Å²) in [6, 6.07) is 15.3. The summed E-state index contributed by atoms with van der Waals surface area (Å²) in [5.74, 6) is 1.26. The van der Waals surface area contributed by atoms with E-state index in [2.05, 4.69) is 10.8 Å². The number of hydrogen-bond acceptors (Lipinski definition) is 4. The van der Waals surface area contributed by atoms with Crippen molar-refractivity contribution in [2.75, 3.05) is 0 Å². The number of benzene rings is 2. The summed E-state index contributed by atoms with van der Waals surface area (Å²) in [5.41, 5.74) is 1.89. The van der Waals surface area contributed by atoms with E-state index in [0.29, 0.717) is 4.91 Å². The first kappa shape index (κ1) is 19.2. The van der Waals surface area contributed by atoms with E-state index in [9.17, 15) is 9.00 Å². The maximum Gasteiger partial charge on any atom is 0.257 e. The molecule has 1 N–H and O–H groups in total. The predicted molar refractivity (Wildman–Crippen MR) is 107 cm³/mol. The molecule has 0 spiro atoms. The van der Waals surface area contributed by atoms with Gasteiger partial charge in [0.1, 0.15) is 11.5 Å². The third-order valence-corrected chi connectivity index (χ3v) is 5.06. The van der Waals surface area contributed by atoms with Crippen molar-refractivity contribution in [2.45, 2.75) is 39.4 Å². The summed E-state index contributed by atoms with van der Waals surface area (Å²) in [6.07, 6.45) is 2.24. The quantitative estimate of drug-likeness (QED) is 0.791. The Labute approximate surface area is 162 Å². The summed E-state index contributed by atoms with van der Waals surface area (Å²) in [6.45, 7) is 6.03. The topological polar surface area (TPSA) is 64.6 Å². The molecule has 1 aliphatic rings. The van der Waals surface area contributed by atoms with Crippen LogP contribution in [0.2, 0.25) is 0 Å². The van der Waals surface area contributed by atoms with Crippen LogP contribution in [-0.2, 0) is 22.2 Å². The standard InChI is InChI=1S/C21H23NO4S/c1-14(2)25-19-6-4-5-16(12-19)11-15(3)26-18-9-7-17(8-10-18)20-13-21(23)22-27(20)24/h4-10,12-15H,11H2,1-3H3,(H,22,23)/t15-,27?/m1/s1. The molecule has 0 aliphatic carbocycles. The van der Waals surface area contributed by atoms with Crippen molar-refractivity contribution in [3.05, 3.63) is 65.7 Å². The smallest absolute Gasteiger partial charge is 0.257 e. The van der Waals surface area contributed by atoms with Crippen LogP contribution in [0.25, 0.3) is 4.91 Å². The van der Waals surface area contributed by atoms with Crippen molar-refractivity contribution in [2.24, 2.45) is 0 Å². The zero-order valence-electron chi connectivity index (χ0n) is 15.6. The van der Waals surface area contributed by atoms with E-state index in [1.807, 2.05) is 63.2 Å². The molecule has 6 heteroatoms. The van der Waals surface area contributed by atoms with Crippen molar-refractivity contribution < 1.29 is 18.5 Å². The number of nitrogens with one attached hydrogen (secondary N) is 1. The molecule has 3 rings (SSSR count). The fraction of sp³-hybridized carbons (Fsp3) is 0.286. The minimum atomic E-state index is -1.48. The first-order valence-electron chi connectivity index (χ1n) is 8.87. The SMILES string of the molecule is CC(C)Oc1cccc(C[C@@H](C)Oc2ccc(C3=CC(=O)NS3=O)cc2)c1. The highest BCUT2D eigenvalue weighted by molar-refractivity contribution is 7.93. The number of amides is 1.